The molecule has 0 radical (unpaired) electrons. The minimum absolute atomic E-state index is 0.329. The molecular formula is C33H27N5. The molecule has 5 heteroatoms. The molecule has 1 aliphatic rings. The lowest BCUT2D eigenvalue weighted by molar-refractivity contribution is 0.799. The fraction of sp³-hybridized carbons (Fsp3) is 0.182. The van der Waals surface area contributed by atoms with Gasteiger partial charge < -0.3 is 9.97 Å². The van der Waals surface area contributed by atoms with Gasteiger partial charge in [-0.15, -0.1) is 0 Å². The largest absolute Gasteiger partial charge is 0.346 e. The number of rotatable bonds is 2. The quantitative estimate of drug-likeness (QED) is 0.240. The summed E-state index contributed by atoms with van der Waals surface area (Å²) in [5.41, 5.74) is 9.59. The molecule has 3 aromatic heterocycles. The number of H-pyrrole nitrogens is 2. The van der Waals surface area contributed by atoms with E-state index in [1.165, 1.54) is 54.9 Å². The number of aryl methyl sites for hydroxylation is 3. The van der Waals surface area contributed by atoms with E-state index in [2.05, 4.69) is 83.4 Å². The first kappa shape index (κ1) is 21.6. The Balaban J connectivity index is 1.31. The molecule has 0 saturated carbocycles. The van der Waals surface area contributed by atoms with E-state index in [0.717, 1.165) is 46.6 Å². The van der Waals surface area contributed by atoms with Crippen LogP contribution in [0.1, 0.15) is 42.7 Å². The number of fused-ring (bicyclic) bond motifs is 11. The van der Waals surface area contributed by atoms with Crippen LogP contribution in [0.4, 0.5) is 0 Å². The van der Waals surface area contributed by atoms with E-state index in [-0.39, 0.29) is 0 Å². The fourth-order valence-corrected chi connectivity index (χ4v) is 6.30. The van der Waals surface area contributed by atoms with Gasteiger partial charge in [-0.1, -0.05) is 50.2 Å². The second-order valence-corrected chi connectivity index (χ2v) is 10.9. The highest BCUT2D eigenvalue weighted by atomic mass is 14.9. The predicted octanol–water partition coefficient (Wildman–Crippen LogP) is 8.01. The molecule has 4 aromatic carbocycles. The average Bonchev–Trinajstić information content (AvgIpc) is 3.56. The van der Waals surface area contributed by atoms with Gasteiger partial charge in [0.1, 0.15) is 11.6 Å². The van der Waals surface area contributed by atoms with E-state index in [1.54, 1.807) is 0 Å². The number of nitrogens with one attached hydrogen (secondary N) is 2. The molecule has 38 heavy (non-hydrogen) atoms. The molecule has 184 valence electrons. The normalized spacial score (nSPS) is 13.2. The van der Waals surface area contributed by atoms with Crippen molar-refractivity contribution in [3.05, 3.63) is 89.9 Å². The summed E-state index contributed by atoms with van der Waals surface area (Å²) >= 11 is 0. The maximum atomic E-state index is 4.95. The summed E-state index contributed by atoms with van der Waals surface area (Å²) in [4.78, 5) is 21.2. The van der Waals surface area contributed by atoms with Crippen LogP contribution in [0.3, 0.4) is 0 Å². The van der Waals surface area contributed by atoms with Gasteiger partial charge in [0, 0.05) is 40.3 Å². The van der Waals surface area contributed by atoms with Crippen molar-refractivity contribution in [3.8, 4) is 22.4 Å². The van der Waals surface area contributed by atoms with E-state index in [1.807, 2.05) is 19.3 Å². The summed E-state index contributed by atoms with van der Waals surface area (Å²) in [7, 11) is 0. The van der Waals surface area contributed by atoms with E-state index in [0.29, 0.717) is 5.92 Å². The third-order valence-electron chi connectivity index (χ3n) is 8.17. The fourth-order valence-electron chi connectivity index (χ4n) is 6.30. The second kappa shape index (κ2) is 7.75. The maximum absolute atomic E-state index is 4.95. The first-order valence-corrected chi connectivity index (χ1v) is 13.4. The van der Waals surface area contributed by atoms with Crippen LogP contribution >= 0.6 is 0 Å². The standard InChI is InChI=1S/C33H27N5/c1-17(2)33-37-31-26-8-5-20(15-27(26)24-12-13-34-16-28(24)32(31)38-33)19-4-7-22-21(14-19)6-9-25-23(22)10-11-29-30(25)36-18(3)35-29/h4-9,12-17H,10-11H2,1-3H3,(H,35,36)(H,37,38). The number of nitrogens with zero attached hydrogens (tertiary/aromatic N) is 3. The average molecular weight is 494 g/mol. The number of aromatic amines is 2. The zero-order valence-electron chi connectivity index (χ0n) is 21.7. The Labute approximate surface area is 220 Å². The molecule has 0 unspecified atom stereocenters. The number of aromatic nitrogens is 5. The molecule has 8 rings (SSSR count). The molecule has 0 amide bonds. The number of hydrogen-bond donors (Lipinski definition) is 2. The Kier molecular flexibility index (Phi) is 4.40. The molecule has 1 aliphatic carbocycles. The zero-order chi connectivity index (χ0) is 25.5. The Morgan fingerprint density at radius 1 is 0.763 bits per heavy atom. The minimum Gasteiger partial charge on any atom is -0.346 e. The number of benzene rings is 4. The summed E-state index contributed by atoms with van der Waals surface area (Å²) in [6, 6.07) is 20.3. The van der Waals surface area contributed by atoms with Crippen LogP contribution < -0.4 is 0 Å². The summed E-state index contributed by atoms with van der Waals surface area (Å²) in [5.74, 6) is 2.33. The minimum atomic E-state index is 0.329. The Morgan fingerprint density at radius 3 is 2.47 bits per heavy atom. The van der Waals surface area contributed by atoms with Gasteiger partial charge in [-0.05, 0) is 76.2 Å². The Hall–Kier alpha value is -4.51. The zero-order valence-corrected chi connectivity index (χ0v) is 21.7. The highest BCUT2D eigenvalue weighted by molar-refractivity contribution is 6.23. The van der Waals surface area contributed by atoms with Gasteiger partial charge in [0.15, 0.2) is 0 Å². The van der Waals surface area contributed by atoms with Crippen molar-refractivity contribution in [2.75, 3.05) is 0 Å². The molecule has 2 N–H and O–H groups in total. The molecule has 0 aliphatic heterocycles. The lowest BCUT2D eigenvalue weighted by atomic mass is 9.87. The summed E-state index contributed by atoms with van der Waals surface area (Å²) < 4.78 is 0. The monoisotopic (exact) mass is 493 g/mol. The van der Waals surface area contributed by atoms with Crippen molar-refractivity contribution < 1.29 is 0 Å². The van der Waals surface area contributed by atoms with E-state index in [4.69, 9.17) is 9.97 Å². The van der Waals surface area contributed by atoms with Gasteiger partial charge in [-0.2, -0.15) is 0 Å². The van der Waals surface area contributed by atoms with Gasteiger partial charge in [-0.3, -0.25) is 4.98 Å². The first-order chi connectivity index (χ1) is 18.5. The van der Waals surface area contributed by atoms with Gasteiger partial charge >= 0.3 is 0 Å². The van der Waals surface area contributed by atoms with Crippen LogP contribution in [0, 0.1) is 6.92 Å². The molecule has 0 fully saturated rings. The summed E-state index contributed by atoms with van der Waals surface area (Å²) in [6.07, 6.45) is 5.87. The van der Waals surface area contributed by atoms with Crippen LogP contribution in [0.25, 0.3) is 65.7 Å². The Morgan fingerprint density at radius 2 is 1.61 bits per heavy atom. The van der Waals surface area contributed by atoms with Crippen molar-refractivity contribution in [1.82, 2.24) is 24.9 Å². The maximum Gasteiger partial charge on any atom is 0.109 e. The van der Waals surface area contributed by atoms with Crippen LogP contribution in [0.5, 0.6) is 0 Å². The van der Waals surface area contributed by atoms with Crippen molar-refractivity contribution in [1.29, 1.82) is 0 Å². The van der Waals surface area contributed by atoms with Crippen molar-refractivity contribution in [2.24, 2.45) is 0 Å². The number of hydrogen-bond acceptors (Lipinski definition) is 3. The molecule has 7 aromatic rings. The summed E-state index contributed by atoms with van der Waals surface area (Å²) in [6.45, 7) is 6.38. The van der Waals surface area contributed by atoms with Crippen LogP contribution in [0.15, 0.2) is 67.0 Å². The van der Waals surface area contributed by atoms with E-state index >= 15 is 0 Å². The SMILES string of the molecule is Cc1nc2c([nH]1)CCc1c-2ccc2cc(-c3ccc4c(c3)c3ccncc3c3nc(C(C)C)[nH]c43)ccc12. The third-order valence-corrected chi connectivity index (χ3v) is 8.17. The third kappa shape index (κ3) is 3.02. The van der Waals surface area contributed by atoms with Crippen molar-refractivity contribution in [2.45, 2.75) is 39.5 Å². The topological polar surface area (TPSA) is 70.2 Å². The molecule has 0 atom stereocenters. The molecule has 0 saturated heterocycles. The first-order valence-electron chi connectivity index (χ1n) is 13.4. The predicted molar refractivity (Wildman–Crippen MR) is 156 cm³/mol. The van der Waals surface area contributed by atoms with E-state index in [9.17, 15) is 0 Å². The molecular weight excluding hydrogens is 466 g/mol. The van der Waals surface area contributed by atoms with Crippen LogP contribution in [-0.2, 0) is 12.8 Å². The van der Waals surface area contributed by atoms with Gasteiger partial charge in [0.25, 0.3) is 0 Å². The highest BCUT2D eigenvalue weighted by Crippen LogP contribution is 2.39. The summed E-state index contributed by atoms with van der Waals surface area (Å²) in [5, 5.41) is 7.30. The lowest BCUT2D eigenvalue weighted by Crippen LogP contribution is -2.04. The number of pyridine rings is 1. The molecule has 3 heterocycles. The van der Waals surface area contributed by atoms with Gasteiger partial charge in [-0.25, -0.2) is 9.97 Å². The number of imidazole rings is 2. The second-order valence-electron chi connectivity index (χ2n) is 10.9. The van der Waals surface area contributed by atoms with Crippen LogP contribution in [0.2, 0.25) is 0 Å². The van der Waals surface area contributed by atoms with Crippen LogP contribution in [-0.4, -0.2) is 24.9 Å². The van der Waals surface area contributed by atoms with Crippen molar-refractivity contribution >= 4 is 43.4 Å². The molecule has 5 nitrogen and oxygen atoms in total. The highest BCUT2D eigenvalue weighted by Gasteiger charge is 2.21. The molecule has 0 spiro atoms. The lowest BCUT2D eigenvalue weighted by Gasteiger charge is -2.18. The molecule has 0 bridgehead atoms. The van der Waals surface area contributed by atoms with Crippen molar-refractivity contribution in [3.63, 3.8) is 0 Å². The van der Waals surface area contributed by atoms with Gasteiger partial charge in [0.05, 0.1) is 16.7 Å². The van der Waals surface area contributed by atoms with Gasteiger partial charge in [0.2, 0.25) is 0 Å². The smallest absolute Gasteiger partial charge is 0.109 e. The van der Waals surface area contributed by atoms with E-state index < -0.39 is 0 Å². The Bertz CT molecular complexity index is 2080.